The summed E-state index contributed by atoms with van der Waals surface area (Å²) < 4.78 is 0.953. The Labute approximate surface area is 132 Å². The quantitative estimate of drug-likeness (QED) is 0.797. The third kappa shape index (κ3) is 3.25. The summed E-state index contributed by atoms with van der Waals surface area (Å²) in [5.41, 5.74) is 3.31. The number of halogens is 2. The van der Waals surface area contributed by atoms with E-state index in [-0.39, 0.29) is 0 Å². The summed E-state index contributed by atoms with van der Waals surface area (Å²) in [6.45, 7) is 0. The largest absolute Gasteiger partial charge is 0.388 e. The van der Waals surface area contributed by atoms with Gasteiger partial charge >= 0.3 is 0 Å². The van der Waals surface area contributed by atoms with E-state index in [1.54, 1.807) is 0 Å². The number of rotatable bonds is 4. The van der Waals surface area contributed by atoms with Crippen LogP contribution in [0.15, 0.2) is 46.9 Å². The third-order valence-electron chi connectivity index (χ3n) is 3.80. The molecule has 1 saturated carbocycles. The monoisotopic (exact) mass is 350 g/mol. The molecule has 0 aliphatic heterocycles. The Hall–Kier alpha value is -0.830. The first kappa shape index (κ1) is 14.1. The van der Waals surface area contributed by atoms with Crippen molar-refractivity contribution in [3.05, 3.63) is 68.7 Å². The molecule has 2 aromatic carbocycles. The van der Waals surface area contributed by atoms with Crippen molar-refractivity contribution in [1.82, 2.24) is 0 Å². The van der Waals surface area contributed by atoms with E-state index in [0.29, 0.717) is 11.4 Å². The predicted octanol–water partition coefficient (Wildman–Crippen LogP) is 5.26. The molecule has 3 heteroatoms. The Kier molecular flexibility index (Phi) is 4.16. The first-order chi connectivity index (χ1) is 9.63. The third-order valence-corrected chi connectivity index (χ3v) is 4.64. The molecule has 1 nitrogen and oxygen atoms in total. The Balaban J connectivity index is 1.73. The molecular weight excluding hydrogens is 336 g/mol. The highest BCUT2D eigenvalue weighted by Gasteiger charge is 2.23. The molecule has 1 fully saturated rings. The lowest BCUT2D eigenvalue weighted by atomic mass is 9.99. The van der Waals surface area contributed by atoms with Crippen LogP contribution in [0.2, 0.25) is 5.02 Å². The highest BCUT2D eigenvalue weighted by Crippen LogP contribution is 2.40. The minimum atomic E-state index is -0.512. The summed E-state index contributed by atoms with van der Waals surface area (Å²) in [4.78, 5) is 0. The Morgan fingerprint density at radius 3 is 2.45 bits per heavy atom. The van der Waals surface area contributed by atoms with Gasteiger partial charge < -0.3 is 5.11 Å². The SMILES string of the molecule is OC(Cc1ccc(Br)cc1Cl)c1ccc(C2CC2)cc1. The van der Waals surface area contributed by atoms with Crippen LogP contribution >= 0.6 is 27.5 Å². The maximum absolute atomic E-state index is 10.3. The molecule has 0 spiro atoms. The van der Waals surface area contributed by atoms with Gasteiger partial charge in [0, 0.05) is 15.9 Å². The minimum Gasteiger partial charge on any atom is -0.388 e. The maximum Gasteiger partial charge on any atom is 0.0830 e. The van der Waals surface area contributed by atoms with Crippen molar-refractivity contribution in [2.45, 2.75) is 31.3 Å². The van der Waals surface area contributed by atoms with Crippen LogP contribution in [0.3, 0.4) is 0 Å². The van der Waals surface area contributed by atoms with Crippen molar-refractivity contribution < 1.29 is 5.11 Å². The van der Waals surface area contributed by atoms with E-state index in [9.17, 15) is 5.11 Å². The van der Waals surface area contributed by atoms with E-state index in [1.165, 1.54) is 18.4 Å². The van der Waals surface area contributed by atoms with Gasteiger partial charge in [-0.25, -0.2) is 0 Å². The van der Waals surface area contributed by atoms with Crippen LogP contribution in [0.25, 0.3) is 0 Å². The van der Waals surface area contributed by atoms with E-state index in [0.717, 1.165) is 21.5 Å². The molecule has 0 heterocycles. The lowest BCUT2D eigenvalue weighted by Gasteiger charge is -2.13. The number of aliphatic hydroxyl groups is 1. The van der Waals surface area contributed by atoms with Gasteiger partial charge in [0.2, 0.25) is 0 Å². The van der Waals surface area contributed by atoms with E-state index in [2.05, 4.69) is 28.1 Å². The molecule has 1 atom stereocenters. The van der Waals surface area contributed by atoms with Gasteiger partial charge in [0.1, 0.15) is 0 Å². The zero-order valence-electron chi connectivity index (χ0n) is 11.0. The number of benzene rings is 2. The lowest BCUT2D eigenvalue weighted by molar-refractivity contribution is 0.178. The fourth-order valence-electron chi connectivity index (χ4n) is 2.42. The van der Waals surface area contributed by atoms with Gasteiger partial charge in [-0.1, -0.05) is 57.9 Å². The van der Waals surface area contributed by atoms with Crippen LogP contribution in [-0.2, 0) is 6.42 Å². The summed E-state index contributed by atoms with van der Waals surface area (Å²) in [6, 6.07) is 14.1. The lowest BCUT2D eigenvalue weighted by Crippen LogP contribution is -2.02. The summed E-state index contributed by atoms with van der Waals surface area (Å²) in [6.07, 6.45) is 2.63. The van der Waals surface area contributed by atoms with Crippen LogP contribution in [0.1, 0.15) is 41.6 Å². The number of aliphatic hydroxyl groups excluding tert-OH is 1. The molecule has 2 aromatic rings. The Morgan fingerprint density at radius 2 is 1.85 bits per heavy atom. The molecule has 3 rings (SSSR count). The van der Waals surface area contributed by atoms with Crippen LogP contribution in [0.4, 0.5) is 0 Å². The van der Waals surface area contributed by atoms with Crippen molar-refractivity contribution in [2.75, 3.05) is 0 Å². The van der Waals surface area contributed by atoms with E-state index in [1.807, 2.05) is 30.3 Å². The average Bonchev–Trinajstić information content (AvgIpc) is 3.26. The second-order valence-electron chi connectivity index (χ2n) is 5.40. The summed E-state index contributed by atoms with van der Waals surface area (Å²) in [5.74, 6) is 0.752. The zero-order valence-corrected chi connectivity index (χ0v) is 13.4. The summed E-state index contributed by atoms with van der Waals surface area (Å²) in [7, 11) is 0. The second-order valence-corrected chi connectivity index (χ2v) is 6.72. The van der Waals surface area contributed by atoms with Crippen LogP contribution in [-0.4, -0.2) is 5.11 Å². The smallest absolute Gasteiger partial charge is 0.0830 e. The van der Waals surface area contributed by atoms with Crippen LogP contribution in [0, 0.1) is 0 Å². The highest BCUT2D eigenvalue weighted by molar-refractivity contribution is 9.10. The normalized spacial score (nSPS) is 16.1. The molecule has 0 amide bonds. The van der Waals surface area contributed by atoms with Gasteiger partial charge in [-0.2, -0.15) is 0 Å². The molecule has 104 valence electrons. The highest BCUT2D eigenvalue weighted by atomic mass is 79.9. The molecule has 0 aromatic heterocycles. The van der Waals surface area contributed by atoms with Crippen molar-refractivity contribution in [2.24, 2.45) is 0 Å². The fourth-order valence-corrected chi connectivity index (χ4v) is 3.17. The van der Waals surface area contributed by atoms with Gasteiger partial charge in [-0.3, -0.25) is 0 Å². The standard InChI is InChI=1S/C17H16BrClO/c18-15-8-7-14(16(19)10-15)9-17(20)13-5-3-12(4-6-13)11-1-2-11/h3-8,10-11,17,20H,1-2,9H2. The van der Waals surface area contributed by atoms with Gasteiger partial charge in [-0.05, 0) is 47.6 Å². The van der Waals surface area contributed by atoms with E-state index < -0.39 is 6.10 Å². The minimum absolute atomic E-state index is 0.512. The first-order valence-corrected chi connectivity index (χ1v) is 8.02. The Morgan fingerprint density at radius 1 is 1.15 bits per heavy atom. The first-order valence-electron chi connectivity index (χ1n) is 6.85. The number of hydrogen-bond acceptors (Lipinski definition) is 1. The van der Waals surface area contributed by atoms with Gasteiger partial charge in [0.15, 0.2) is 0 Å². The Bertz CT molecular complexity index is 605. The molecule has 1 aliphatic carbocycles. The molecule has 0 radical (unpaired) electrons. The van der Waals surface area contributed by atoms with Gasteiger partial charge in [0.25, 0.3) is 0 Å². The zero-order chi connectivity index (χ0) is 14.1. The molecular formula is C17H16BrClO. The molecule has 20 heavy (non-hydrogen) atoms. The molecule has 1 N–H and O–H groups in total. The summed E-state index contributed by atoms with van der Waals surface area (Å²) >= 11 is 9.58. The second kappa shape index (κ2) is 5.88. The fraction of sp³-hybridized carbons (Fsp3) is 0.294. The average molecular weight is 352 g/mol. The van der Waals surface area contributed by atoms with Crippen molar-refractivity contribution in [3.8, 4) is 0 Å². The van der Waals surface area contributed by atoms with Crippen molar-refractivity contribution >= 4 is 27.5 Å². The van der Waals surface area contributed by atoms with Gasteiger partial charge in [0.05, 0.1) is 6.10 Å². The molecule has 0 saturated heterocycles. The van der Waals surface area contributed by atoms with Crippen molar-refractivity contribution in [1.29, 1.82) is 0 Å². The van der Waals surface area contributed by atoms with Crippen LogP contribution < -0.4 is 0 Å². The number of hydrogen-bond donors (Lipinski definition) is 1. The van der Waals surface area contributed by atoms with Crippen LogP contribution in [0.5, 0.6) is 0 Å². The maximum atomic E-state index is 10.3. The summed E-state index contributed by atoms with van der Waals surface area (Å²) in [5, 5.41) is 11.0. The molecule has 1 unspecified atom stereocenters. The van der Waals surface area contributed by atoms with E-state index >= 15 is 0 Å². The van der Waals surface area contributed by atoms with Gasteiger partial charge in [-0.15, -0.1) is 0 Å². The topological polar surface area (TPSA) is 20.2 Å². The van der Waals surface area contributed by atoms with Crippen molar-refractivity contribution in [3.63, 3.8) is 0 Å². The predicted molar refractivity (Wildman–Crippen MR) is 86.2 cm³/mol. The molecule has 1 aliphatic rings. The molecule has 0 bridgehead atoms. The van der Waals surface area contributed by atoms with E-state index in [4.69, 9.17) is 11.6 Å².